The number of carbonyl (C=O) groups is 1. The van der Waals surface area contributed by atoms with E-state index in [1.54, 1.807) is 6.07 Å². The summed E-state index contributed by atoms with van der Waals surface area (Å²) in [6, 6.07) is 11.2. The number of hydrogen-bond acceptors (Lipinski definition) is 4. The lowest BCUT2D eigenvalue weighted by Gasteiger charge is -2.36. The van der Waals surface area contributed by atoms with Gasteiger partial charge < -0.3 is 15.0 Å². The van der Waals surface area contributed by atoms with Crippen molar-refractivity contribution in [1.29, 1.82) is 0 Å². The van der Waals surface area contributed by atoms with Crippen LogP contribution in [0.5, 0.6) is 5.75 Å². The molecule has 0 bridgehead atoms. The van der Waals surface area contributed by atoms with Gasteiger partial charge in [-0.15, -0.1) is 0 Å². The summed E-state index contributed by atoms with van der Waals surface area (Å²) in [7, 11) is 0. The second-order valence-corrected chi connectivity index (χ2v) is 9.23. The molecule has 2 aromatic rings. The van der Waals surface area contributed by atoms with E-state index >= 15 is 0 Å². The molecule has 2 aliphatic heterocycles. The maximum Gasteiger partial charge on any atom is 0.250 e. The second-order valence-electron chi connectivity index (χ2n) is 8.01. The molecule has 2 aromatic carbocycles. The van der Waals surface area contributed by atoms with Crippen molar-refractivity contribution in [3.8, 4) is 5.75 Å². The highest BCUT2D eigenvalue weighted by Crippen LogP contribution is 2.33. The summed E-state index contributed by atoms with van der Waals surface area (Å²) in [4.78, 5) is 17.2. The van der Waals surface area contributed by atoms with E-state index < -0.39 is 0 Å². The zero-order chi connectivity index (χ0) is 22.5. The smallest absolute Gasteiger partial charge is 0.250 e. The maximum absolute atomic E-state index is 12.5. The molecule has 1 amide bonds. The fourth-order valence-electron chi connectivity index (χ4n) is 4.00. The van der Waals surface area contributed by atoms with Crippen LogP contribution in [0, 0.1) is 0 Å². The molecule has 32 heavy (non-hydrogen) atoms. The molecule has 0 aliphatic carbocycles. The molecule has 4 rings (SSSR count). The van der Waals surface area contributed by atoms with Gasteiger partial charge in [-0.1, -0.05) is 40.9 Å². The average molecular weight is 495 g/mol. The highest BCUT2D eigenvalue weighted by molar-refractivity contribution is 6.43. The van der Waals surface area contributed by atoms with Crippen molar-refractivity contribution in [3.63, 3.8) is 0 Å². The Morgan fingerprint density at radius 1 is 1.03 bits per heavy atom. The third-order valence-corrected chi connectivity index (χ3v) is 6.85. The SMILES string of the molecule is O=C(NCCCCN1CCN(c2cccc(Cl)c2Cl)CC1)C1=Cc2cc(Cl)ccc2OC1. The van der Waals surface area contributed by atoms with Gasteiger partial charge in [-0.3, -0.25) is 9.69 Å². The number of amides is 1. The lowest BCUT2D eigenvalue weighted by molar-refractivity contribution is -0.117. The number of carbonyl (C=O) groups excluding carboxylic acids is 1. The second kappa shape index (κ2) is 10.8. The van der Waals surface area contributed by atoms with E-state index in [9.17, 15) is 4.79 Å². The van der Waals surface area contributed by atoms with Gasteiger partial charge in [0.1, 0.15) is 12.4 Å². The Morgan fingerprint density at radius 2 is 1.84 bits per heavy atom. The van der Waals surface area contributed by atoms with Gasteiger partial charge in [0.05, 0.1) is 21.3 Å². The van der Waals surface area contributed by atoms with E-state index in [-0.39, 0.29) is 12.5 Å². The Balaban J connectivity index is 1.15. The summed E-state index contributed by atoms with van der Waals surface area (Å²) in [5.74, 6) is 0.673. The van der Waals surface area contributed by atoms with Gasteiger partial charge in [-0.05, 0) is 55.8 Å². The molecule has 1 N–H and O–H groups in total. The van der Waals surface area contributed by atoms with Crippen molar-refractivity contribution in [2.75, 3.05) is 50.8 Å². The number of ether oxygens (including phenoxy) is 1. The normalized spacial score (nSPS) is 16.2. The van der Waals surface area contributed by atoms with Crippen molar-refractivity contribution in [3.05, 3.63) is 62.6 Å². The van der Waals surface area contributed by atoms with Gasteiger partial charge in [0, 0.05) is 43.3 Å². The third kappa shape index (κ3) is 5.70. The fraction of sp³-hybridized carbons (Fsp3) is 0.375. The minimum Gasteiger partial charge on any atom is -0.488 e. The number of rotatable bonds is 7. The molecule has 5 nitrogen and oxygen atoms in total. The summed E-state index contributed by atoms with van der Waals surface area (Å²) in [5, 5.41) is 4.85. The lowest BCUT2D eigenvalue weighted by atomic mass is 10.1. The van der Waals surface area contributed by atoms with Crippen LogP contribution in [0.4, 0.5) is 5.69 Å². The maximum atomic E-state index is 12.5. The largest absolute Gasteiger partial charge is 0.488 e. The molecule has 1 fully saturated rings. The summed E-state index contributed by atoms with van der Waals surface area (Å²) >= 11 is 18.5. The number of piperazine rings is 1. The van der Waals surface area contributed by atoms with Crippen molar-refractivity contribution in [2.24, 2.45) is 0 Å². The molecule has 0 radical (unpaired) electrons. The van der Waals surface area contributed by atoms with Gasteiger partial charge in [-0.25, -0.2) is 0 Å². The van der Waals surface area contributed by atoms with Gasteiger partial charge in [0.25, 0.3) is 5.91 Å². The molecule has 0 aromatic heterocycles. The molecular formula is C24H26Cl3N3O2. The highest BCUT2D eigenvalue weighted by atomic mass is 35.5. The van der Waals surface area contributed by atoms with Gasteiger partial charge >= 0.3 is 0 Å². The van der Waals surface area contributed by atoms with Crippen LogP contribution in [0.2, 0.25) is 15.1 Å². The molecule has 1 saturated heterocycles. The first-order valence-electron chi connectivity index (χ1n) is 10.8. The number of nitrogens with one attached hydrogen (secondary N) is 1. The Hall–Kier alpha value is -1.92. The van der Waals surface area contributed by atoms with Gasteiger partial charge in [-0.2, -0.15) is 0 Å². The molecule has 2 aliphatic rings. The number of fused-ring (bicyclic) bond motifs is 1. The minimum absolute atomic E-state index is 0.0809. The number of unbranched alkanes of at least 4 members (excludes halogenated alkanes) is 1. The molecule has 0 spiro atoms. The molecular weight excluding hydrogens is 469 g/mol. The number of hydrogen-bond donors (Lipinski definition) is 1. The highest BCUT2D eigenvalue weighted by Gasteiger charge is 2.20. The predicted molar refractivity (Wildman–Crippen MR) is 132 cm³/mol. The van der Waals surface area contributed by atoms with Gasteiger partial charge in [0.2, 0.25) is 0 Å². The first kappa shape index (κ1) is 23.2. The predicted octanol–water partition coefficient (Wildman–Crippen LogP) is 5.14. The zero-order valence-corrected chi connectivity index (χ0v) is 20.0. The van der Waals surface area contributed by atoms with Crippen LogP contribution in [0.25, 0.3) is 6.08 Å². The van der Waals surface area contributed by atoms with E-state index in [1.807, 2.05) is 36.4 Å². The van der Waals surface area contributed by atoms with Crippen LogP contribution in [0.1, 0.15) is 18.4 Å². The average Bonchev–Trinajstić information content (AvgIpc) is 2.80. The molecule has 8 heteroatoms. The van der Waals surface area contributed by atoms with Crippen LogP contribution >= 0.6 is 34.8 Å². The Morgan fingerprint density at radius 3 is 2.66 bits per heavy atom. The van der Waals surface area contributed by atoms with Gasteiger partial charge in [0.15, 0.2) is 0 Å². The summed E-state index contributed by atoms with van der Waals surface area (Å²) < 4.78 is 5.66. The first-order chi connectivity index (χ1) is 15.5. The summed E-state index contributed by atoms with van der Waals surface area (Å²) in [6.45, 7) is 5.78. The zero-order valence-electron chi connectivity index (χ0n) is 17.8. The monoisotopic (exact) mass is 493 g/mol. The van der Waals surface area contributed by atoms with E-state index in [0.717, 1.165) is 62.6 Å². The number of halogens is 3. The standard InChI is InChI=1S/C24H26Cl3N3O2/c25-19-6-7-22-17(15-19)14-18(16-32-22)24(31)28-8-1-2-9-29-10-12-30(13-11-29)21-5-3-4-20(26)23(21)27/h3-7,14-15H,1-2,8-13,16H2,(H,28,31). The van der Waals surface area contributed by atoms with Crippen LogP contribution in [-0.2, 0) is 4.79 Å². The van der Waals surface area contributed by atoms with Crippen LogP contribution in [0.3, 0.4) is 0 Å². The van der Waals surface area contributed by atoms with Crippen molar-refractivity contribution < 1.29 is 9.53 Å². The first-order valence-corrected chi connectivity index (χ1v) is 12.0. The van der Waals surface area contributed by atoms with Crippen molar-refractivity contribution >= 4 is 52.5 Å². The summed E-state index contributed by atoms with van der Waals surface area (Å²) in [6.07, 6.45) is 3.82. The quantitative estimate of drug-likeness (QED) is 0.541. The Kier molecular flexibility index (Phi) is 7.84. The topological polar surface area (TPSA) is 44.8 Å². The fourth-order valence-corrected chi connectivity index (χ4v) is 4.60. The lowest BCUT2D eigenvalue weighted by Crippen LogP contribution is -2.46. The number of benzene rings is 2. The number of anilines is 1. The van der Waals surface area contributed by atoms with E-state index in [4.69, 9.17) is 39.5 Å². The van der Waals surface area contributed by atoms with E-state index in [0.29, 0.717) is 27.2 Å². The van der Waals surface area contributed by atoms with Crippen LogP contribution in [-0.4, -0.2) is 56.7 Å². The van der Waals surface area contributed by atoms with Crippen LogP contribution in [0.15, 0.2) is 42.0 Å². The summed E-state index contributed by atoms with van der Waals surface area (Å²) in [5.41, 5.74) is 2.47. The number of nitrogens with zero attached hydrogens (tertiary/aromatic N) is 2. The molecule has 0 atom stereocenters. The molecule has 2 heterocycles. The molecule has 0 unspecified atom stereocenters. The molecule has 170 valence electrons. The van der Waals surface area contributed by atoms with E-state index in [1.165, 1.54) is 0 Å². The molecule has 0 saturated carbocycles. The van der Waals surface area contributed by atoms with Crippen LogP contribution < -0.4 is 15.0 Å². The minimum atomic E-state index is -0.0809. The third-order valence-electron chi connectivity index (χ3n) is 5.81. The van der Waals surface area contributed by atoms with E-state index in [2.05, 4.69) is 15.1 Å². The van der Waals surface area contributed by atoms with Crippen molar-refractivity contribution in [1.82, 2.24) is 10.2 Å². The Labute approximate surface area is 203 Å². The Bertz CT molecular complexity index is 1000. The van der Waals surface area contributed by atoms with Crippen molar-refractivity contribution in [2.45, 2.75) is 12.8 Å².